The van der Waals surface area contributed by atoms with E-state index >= 15 is 0 Å². The number of hydrogen-bond acceptors (Lipinski definition) is 4. The van der Waals surface area contributed by atoms with E-state index in [1.807, 2.05) is 6.07 Å². The molecule has 0 atom stereocenters. The third-order valence-corrected chi connectivity index (χ3v) is 2.53. The molecule has 0 heterocycles. The highest BCUT2D eigenvalue weighted by Crippen LogP contribution is 2.08. The maximum absolute atomic E-state index is 11.5. The number of esters is 1. The summed E-state index contributed by atoms with van der Waals surface area (Å²) in [6, 6.07) is 6.78. The molecule has 0 aliphatic carbocycles. The van der Waals surface area contributed by atoms with Crippen molar-refractivity contribution in [2.45, 2.75) is 0 Å². The number of rotatable bonds is 5. The van der Waals surface area contributed by atoms with Crippen LogP contribution in [0.1, 0.15) is 10.4 Å². The lowest BCUT2D eigenvalue weighted by Gasteiger charge is -2.05. The first-order chi connectivity index (χ1) is 8.49. The molecule has 0 saturated carbocycles. The summed E-state index contributed by atoms with van der Waals surface area (Å²) in [5.41, 5.74) is 5.21. The standard InChI is InChI=1S/C11H11IN2O4/c12-8-3-1-2-7(4-8)11(17)18-6-10(16)14-5-9(13)15/h1-4H,5-6H2,(H2,13,15)(H,14,16). The molecule has 96 valence electrons. The zero-order valence-electron chi connectivity index (χ0n) is 9.31. The van der Waals surface area contributed by atoms with Crippen molar-refractivity contribution in [2.75, 3.05) is 13.2 Å². The van der Waals surface area contributed by atoms with Gasteiger partial charge in [-0.1, -0.05) is 6.07 Å². The van der Waals surface area contributed by atoms with E-state index in [2.05, 4.69) is 27.9 Å². The first-order valence-electron chi connectivity index (χ1n) is 4.96. The van der Waals surface area contributed by atoms with E-state index < -0.39 is 24.4 Å². The Morgan fingerprint density at radius 1 is 1.33 bits per heavy atom. The van der Waals surface area contributed by atoms with Gasteiger partial charge in [-0.15, -0.1) is 0 Å². The summed E-state index contributed by atoms with van der Waals surface area (Å²) in [5, 5.41) is 2.21. The molecule has 3 N–H and O–H groups in total. The van der Waals surface area contributed by atoms with Crippen molar-refractivity contribution in [3.8, 4) is 0 Å². The summed E-state index contributed by atoms with van der Waals surface area (Å²) in [4.78, 5) is 33.1. The zero-order chi connectivity index (χ0) is 13.5. The molecule has 7 heteroatoms. The second-order valence-corrected chi connectivity index (χ2v) is 4.58. The predicted octanol–water partition coefficient (Wildman–Crippen LogP) is 0.0495. The van der Waals surface area contributed by atoms with Crippen LogP contribution in [0.3, 0.4) is 0 Å². The van der Waals surface area contributed by atoms with E-state index in [0.29, 0.717) is 5.56 Å². The number of benzene rings is 1. The molecule has 0 unspecified atom stereocenters. The topological polar surface area (TPSA) is 98.5 Å². The minimum Gasteiger partial charge on any atom is -0.452 e. The lowest BCUT2D eigenvalue weighted by molar-refractivity contribution is -0.127. The Morgan fingerprint density at radius 3 is 2.67 bits per heavy atom. The first kappa shape index (κ1) is 14.4. The van der Waals surface area contributed by atoms with Gasteiger partial charge in [0.05, 0.1) is 12.1 Å². The van der Waals surface area contributed by atoms with Crippen LogP contribution in [-0.2, 0) is 14.3 Å². The Hall–Kier alpha value is -1.64. The molecule has 18 heavy (non-hydrogen) atoms. The summed E-state index contributed by atoms with van der Waals surface area (Å²) in [5.74, 6) is -1.83. The van der Waals surface area contributed by atoms with Crippen LogP contribution in [0.4, 0.5) is 0 Å². The van der Waals surface area contributed by atoms with E-state index in [1.54, 1.807) is 18.2 Å². The van der Waals surface area contributed by atoms with Gasteiger partial charge in [0.15, 0.2) is 6.61 Å². The highest BCUT2D eigenvalue weighted by Gasteiger charge is 2.10. The van der Waals surface area contributed by atoms with Gasteiger partial charge in [-0.2, -0.15) is 0 Å². The minimum absolute atomic E-state index is 0.278. The van der Waals surface area contributed by atoms with Crippen molar-refractivity contribution in [1.82, 2.24) is 5.32 Å². The SMILES string of the molecule is NC(=O)CNC(=O)COC(=O)c1cccc(I)c1. The number of hydrogen-bond donors (Lipinski definition) is 2. The van der Waals surface area contributed by atoms with Crippen molar-refractivity contribution in [3.63, 3.8) is 0 Å². The average Bonchev–Trinajstić information content (AvgIpc) is 2.33. The largest absolute Gasteiger partial charge is 0.452 e. The molecule has 2 amide bonds. The molecule has 0 radical (unpaired) electrons. The van der Waals surface area contributed by atoms with E-state index in [1.165, 1.54) is 0 Å². The van der Waals surface area contributed by atoms with E-state index in [4.69, 9.17) is 10.5 Å². The van der Waals surface area contributed by atoms with Gasteiger partial charge in [0.25, 0.3) is 5.91 Å². The van der Waals surface area contributed by atoms with E-state index in [0.717, 1.165) is 3.57 Å². The van der Waals surface area contributed by atoms with Crippen LogP contribution in [0.2, 0.25) is 0 Å². The number of nitrogens with two attached hydrogens (primary N) is 1. The van der Waals surface area contributed by atoms with Gasteiger partial charge in [-0.25, -0.2) is 4.79 Å². The van der Waals surface area contributed by atoms with Gasteiger partial charge in [0.1, 0.15) is 0 Å². The molecule has 0 bridgehead atoms. The van der Waals surface area contributed by atoms with Crippen LogP contribution in [0.25, 0.3) is 0 Å². The number of amides is 2. The molecule has 0 fully saturated rings. The number of halogens is 1. The van der Waals surface area contributed by atoms with Gasteiger partial charge in [-0.05, 0) is 40.8 Å². The van der Waals surface area contributed by atoms with Crippen molar-refractivity contribution in [2.24, 2.45) is 5.73 Å². The minimum atomic E-state index is -0.660. The zero-order valence-corrected chi connectivity index (χ0v) is 11.5. The van der Waals surface area contributed by atoms with Gasteiger partial charge < -0.3 is 15.8 Å². The lowest BCUT2D eigenvalue weighted by Crippen LogP contribution is -2.35. The molecule has 1 rings (SSSR count). The van der Waals surface area contributed by atoms with E-state index in [9.17, 15) is 14.4 Å². The third kappa shape index (κ3) is 5.13. The van der Waals surface area contributed by atoms with Gasteiger partial charge in [0, 0.05) is 3.57 Å². The Bertz CT molecular complexity index is 476. The Kier molecular flexibility index (Phi) is 5.56. The van der Waals surface area contributed by atoms with Gasteiger partial charge in [0.2, 0.25) is 5.91 Å². The predicted molar refractivity (Wildman–Crippen MR) is 71.6 cm³/mol. The summed E-state index contributed by atoms with van der Waals surface area (Å²) >= 11 is 2.06. The fourth-order valence-electron chi connectivity index (χ4n) is 1.07. The molecule has 0 aromatic heterocycles. The average molecular weight is 362 g/mol. The quantitative estimate of drug-likeness (QED) is 0.571. The van der Waals surface area contributed by atoms with Gasteiger partial charge in [-0.3, -0.25) is 9.59 Å². The number of ether oxygens (including phenoxy) is 1. The van der Waals surface area contributed by atoms with Crippen molar-refractivity contribution >= 4 is 40.4 Å². The fourth-order valence-corrected chi connectivity index (χ4v) is 1.61. The molecule has 0 aliphatic heterocycles. The second kappa shape index (κ2) is 6.94. The summed E-state index contributed by atoms with van der Waals surface area (Å²) in [6.07, 6.45) is 0. The molecule has 0 aliphatic rings. The summed E-state index contributed by atoms with van der Waals surface area (Å²) in [7, 11) is 0. The maximum atomic E-state index is 11.5. The lowest BCUT2D eigenvalue weighted by atomic mass is 10.2. The number of carbonyl (C=O) groups excluding carboxylic acids is 3. The molecule has 1 aromatic rings. The van der Waals surface area contributed by atoms with Crippen LogP contribution in [-0.4, -0.2) is 30.9 Å². The summed E-state index contributed by atoms with van der Waals surface area (Å²) < 4.78 is 5.66. The fraction of sp³-hybridized carbons (Fsp3) is 0.182. The molecule has 0 spiro atoms. The Balaban J connectivity index is 2.42. The van der Waals surface area contributed by atoms with E-state index in [-0.39, 0.29) is 6.54 Å². The first-order valence-corrected chi connectivity index (χ1v) is 6.04. The number of nitrogens with one attached hydrogen (secondary N) is 1. The summed E-state index contributed by atoms with van der Waals surface area (Å²) in [6.45, 7) is -0.725. The second-order valence-electron chi connectivity index (χ2n) is 3.33. The van der Waals surface area contributed by atoms with Crippen LogP contribution in [0.15, 0.2) is 24.3 Å². The number of carbonyl (C=O) groups is 3. The van der Waals surface area contributed by atoms with Crippen LogP contribution < -0.4 is 11.1 Å². The molecular weight excluding hydrogens is 351 g/mol. The normalized spacial score (nSPS) is 9.61. The third-order valence-electron chi connectivity index (χ3n) is 1.85. The molecule has 1 aromatic carbocycles. The monoisotopic (exact) mass is 362 g/mol. The van der Waals surface area contributed by atoms with Crippen molar-refractivity contribution in [1.29, 1.82) is 0 Å². The molecular formula is C11H11IN2O4. The Morgan fingerprint density at radius 2 is 2.06 bits per heavy atom. The van der Waals surface area contributed by atoms with Crippen molar-refractivity contribution in [3.05, 3.63) is 33.4 Å². The highest BCUT2D eigenvalue weighted by atomic mass is 127. The number of primary amides is 1. The van der Waals surface area contributed by atoms with Crippen molar-refractivity contribution < 1.29 is 19.1 Å². The smallest absolute Gasteiger partial charge is 0.338 e. The maximum Gasteiger partial charge on any atom is 0.338 e. The van der Waals surface area contributed by atoms with Crippen LogP contribution >= 0.6 is 22.6 Å². The van der Waals surface area contributed by atoms with Crippen LogP contribution in [0.5, 0.6) is 0 Å². The molecule has 0 saturated heterocycles. The Labute approximate surface area is 117 Å². The molecule has 6 nitrogen and oxygen atoms in total. The van der Waals surface area contributed by atoms with Crippen LogP contribution in [0, 0.1) is 3.57 Å². The highest BCUT2D eigenvalue weighted by molar-refractivity contribution is 14.1. The van der Waals surface area contributed by atoms with Gasteiger partial charge >= 0.3 is 5.97 Å².